The largest absolute Gasteiger partial charge is 0.496 e. The number of nitrogens with zero attached hydrogens (tertiary/aromatic N) is 3. The van der Waals surface area contributed by atoms with Crippen LogP contribution < -0.4 is 9.47 Å². The van der Waals surface area contributed by atoms with Gasteiger partial charge in [0.1, 0.15) is 11.5 Å². The molecule has 0 N–H and O–H groups in total. The lowest BCUT2D eigenvalue weighted by Crippen LogP contribution is -2.02. The highest BCUT2D eigenvalue weighted by Crippen LogP contribution is 2.39. The first-order valence-electron chi connectivity index (χ1n) is 8.03. The molecule has 2 aromatic carbocycles. The monoisotopic (exact) mass is 365 g/mol. The van der Waals surface area contributed by atoms with Crippen LogP contribution in [0.3, 0.4) is 0 Å². The van der Waals surface area contributed by atoms with E-state index in [0.29, 0.717) is 16.5 Å². The molecule has 0 radical (unpaired) electrons. The predicted octanol–water partition coefficient (Wildman–Crippen LogP) is 4.76. The minimum absolute atomic E-state index is 0.647. The minimum atomic E-state index is 0.647. The van der Waals surface area contributed by atoms with Gasteiger partial charge in [-0.25, -0.2) is 4.68 Å². The summed E-state index contributed by atoms with van der Waals surface area (Å²) in [4.78, 5) is 4.41. The average molecular weight is 366 g/mol. The van der Waals surface area contributed by atoms with E-state index < -0.39 is 0 Å². The summed E-state index contributed by atoms with van der Waals surface area (Å²) in [5.74, 6) is 1.43. The molecule has 0 unspecified atom stereocenters. The van der Waals surface area contributed by atoms with E-state index in [0.717, 1.165) is 27.8 Å². The number of hydrogen-bond acceptors (Lipinski definition) is 4. The first kappa shape index (κ1) is 16.4. The fourth-order valence-corrected chi connectivity index (χ4v) is 3.25. The number of aromatic nitrogens is 3. The predicted molar refractivity (Wildman–Crippen MR) is 102 cm³/mol. The van der Waals surface area contributed by atoms with Crippen LogP contribution in [0.5, 0.6) is 11.5 Å². The molecule has 0 aliphatic rings. The zero-order valence-electron chi connectivity index (χ0n) is 14.3. The number of fused-ring (bicyclic) bond motifs is 1. The summed E-state index contributed by atoms with van der Waals surface area (Å²) in [7, 11) is 3.28. The van der Waals surface area contributed by atoms with Gasteiger partial charge in [0.2, 0.25) is 0 Å². The molecule has 5 nitrogen and oxygen atoms in total. The second-order valence-electron chi connectivity index (χ2n) is 5.66. The van der Waals surface area contributed by atoms with Crippen LogP contribution in [0, 0.1) is 0 Å². The minimum Gasteiger partial charge on any atom is -0.496 e. The van der Waals surface area contributed by atoms with Crippen LogP contribution >= 0.6 is 11.6 Å². The molecule has 0 amide bonds. The summed E-state index contributed by atoms with van der Waals surface area (Å²) >= 11 is 6.11. The molecule has 0 saturated heterocycles. The Balaban J connectivity index is 1.99. The Hall–Kier alpha value is -3.05. The van der Waals surface area contributed by atoms with Gasteiger partial charge in [0.15, 0.2) is 0 Å². The quantitative estimate of drug-likeness (QED) is 0.523. The van der Waals surface area contributed by atoms with Crippen molar-refractivity contribution in [3.63, 3.8) is 0 Å². The molecule has 0 bridgehead atoms. The van der Waals surface area contributed by atoms with E-state index in [1.165, 1.54) is 0 Å². The topological polar surface area (TPSA) is 49.2 Å². The van der Waals surface area contributed by atoms with Gasteiger partial charge in [-0.3, -0.25) is 4.98 Å². The van der Waals surface area contributed by atoms with Gasteiger partial charge < -0.3 is 9.47 Å². The van der Waals surface area contributed by atoms with Crippen molar-refractivity contribution in [1.29, 1.82) is 0 Å². The SMILES string of the molecule is COc1cccc(OC)c1-c1ccnn1-c1ccnc2cc(Cl)ccc12. The lowest BCUT2D eigenvalue weighted by molar-refractivity contribution is 0.397. The van der Waals surface area contributed by atoms with Crippen LogP contribution in [0.2, 0.25) is 5.02 Å². The molecule has 4 rings (SSSR count). The third kappa shape index (κ3) is 2.66. The van der Waals surface area contributed by atoms with Crippen LogP contribution in [0.15, 0.2) is 60.9 Å². The maximum atomic E-state index is 6.11. The van der Waals surface area contributed by atoms with E-state index in [-0.39, 0.29) is 0 Å². The summed E-state index contributed by atoms with van der Waals surface area (Å²) in [5, 5.41) is 6.13. The highest BCUT2D eigenvalue weighted by molar-refractivity contribution is 6.31. The summed E-state index contributed by atoms with van der Waals surface area (Å²) in [5.41, 5.74) is 3.42. The number of benzene rings is 2. The van der Waals surface area contributed by atoms with Gasteiger partial charge in [0, 0.05) is 16.6 Å². The highest BCUT2D eigenvalue weighted by atomic mass is 35.5. The zero-order valence-corrected chi connectivity index (χ0v) is 15.1. The van der Waals surface area contributed by atoms with Gasteiger partial charge in [-0.1, -0.05) is 17.7 Å². The molecular formula is C20H16ClN3O2. The van der Waals surface area contributed by atoms with Crippen molar-refractivity contribution in [3.05, 3.63) is 65.9 Å². The third-order valence-electron chi connectivity index (χ3n) is 4.24. The van der Waals surface area contributed by atoms with Crippen LogP contribution in [0.4, 0.5) is 0 Å². The van der Waals surface area contributed by atoms with Crippen LogP contribution in [0.25, 0.3) is 27.8 Å². The van der Waals surface area contributed by atoms with Crippen molar-refractivity contribution in [3.8, 4) is 28.4 Å². The highest BCUT2D eigenvalue weighted by Gasteiger charge is 2.18. The smallest absolute Gasteiger partial charge is 0.132 e. The second-order valence-corrected chi connectivity index (χ2v) is 6.09. The molecule has 2 aromatic heterocycles. The normalized spacial score (nSPS) is 10.9. The van der Waals surface area contributed by atoms with Crippen molar-refractivity contribution in [1.82, 2.24) is 14.8 Å². The standard InChI is InChI=1S/C20H16ClN3O2/c1-25-18-4-3-5-19(26-2)20(18)17-9-11-23-24(17)16-8-10-22-15-12-13(21)6-7-14(15)16/h3-12H,1-2H3. The van der Waals surface area contributed by atoms with Crippen molar-refractivity contribution >= 4 is 22.5 Å². The lowest BCUT2D eigenvalue weighted by atomic mass is 10.1. The maximum Gasteiger partial charge on any atom is 0.132 e. The number of methoxy groups -OCH3 is 2. The van der Waals surface area contributed by atoms with E-state index in [1.54, 1.807) is 26.6 Å². The molecule has 0 saturated carbocycles. The molecule has 0 spiro atoms. The summed E-state index contributed by atoms with van der Waals surface area (Å²) in [6.45, 7) is 0. The van der Waals surface area contributed by atoms with Gasteiger partial charge in [0.25, 0.3) is 0 Å². The molecule has 0 aliphatic heterocycles. The Kier molecular flexibility index (Phi) is 4.22. The number of pyridine rings is 1. The zero-order chi connectivity index (χ0) is 18.1. The first-order valence-corrected chi connectivity index (χ1v) is 8.40. The number of hydrogen-bond donors (Lipinski definition) is 0. The fraction of sp³-hybridized carbons (Fsp3) is 0.100. The second kappa shape index (κ2) is 6.69. The molecule has 26 heavy (non-hydrogen) atoms. The molecule has 130 valence electrons. The van der Waals surface area contributed by atoms with Gasteiger partial charge in [0.05, 0.1) is 42.9 Å². The van der Waals surface area contributed by atoms with E-state index in [1.807, 2.05) is 53.2 Å². The molecule has 6 heteroatoms. The van der Waals surface area contributed by atoms with E-state index >= 15 is 0 Å². The van der Waals surface area contributed by atoms with Crippen molar-refractivity contribution in [2.75, 3.05) is 14.2 Å². The number of rotatable bonds is 4. The lowest BCUT2D eigenvalue weighted by Gasteiger charge is -2.15. The number of halogens is 1. The summed E-state index contributed by atoms with van der Waals surface area (Å²) in [6.07, 6.45) is 3.50. The van der Waals surface area contributed by atoms with Crippen LogP contribution in [-0.2, 0) is 0 Å². The van der Waals surface area contributed by atoms with Crippen molar-refractivity contribution in [2.45, 2.75) is 0 Å². The van der Waals surface area contributed by atoms with E-state index in [4.69, 9.17) is 21.1 Å². The van der Waals surface area contributed by atoms with E-state index in [9.17, 15) is 0 Å². The summed E-state index contributed by atoms with van der Waals surface area (Å²) in [6, 6.07) is 15.2. The molecule has 0 atom stereocenters. The van der Waals surface area contributed by atoms with Crippen LogP contribution in [-0.4, -0.2) is 29.0 Å². The molecule has 4 aromatic rings. The Bertz CT molecular complexity index is 1070. The van der Waals surface area contributed by atoms with Gasteiger partial charge in [-0.15, -0.1) is 0 Å². The molecule has 0 fully saturated rings. The third-order valence-corrected chi connectivity index (χ3v) is 4.47. The van der Waals surface area contributed by atoms with Gasteiger partial charge in [-0.2, -0.15) is 5.10 Å². The fourth-order valence-electron chi connectivity index (χ4n) is 3.08. The van der Waals surface area contributed by atoms with Crippen molar-refractivity contribution in [2.24, 2.45) is 0 Å². The Morgan fingerprint density at radius 2 is 1.69 bits per heavy atom. The van der Waals surface area contributed by atoms with Crippen LogP contribution in [0.1, 0.15) is 0 Å². The maximum absolute atomic E-state index is 6.11. The average Bonchev–Trinajstić information content (AvgIpc) is 3.15. The Morgan fingerprint density at radius 3 is 2.42 bits per heavy atom. The number of ether oxygens (including phenoxy) is 2. The molecular weight excluding hydrogens is 350 g/mol. The Labute approximate surface area is 155 Å². The van der Waals surface area contributed by atoms with Gasteiger partial charge >= 0.3 is 0 Å². The molecule has 0 aliphatic carbocycles. The van der Waals surface area contributed by atoms with Crippen molar-refractivity contribution < 1.29 is 9.47 Å². The van der Waals surface area contributed by atoms with Gasteiger partial charge in [-0.05, 0) is 42.5 Å². The Morgan fingerprint density at radius 1 is 0.923 bits per heavy atom. The molecule has 2 heterocycles. The summed E-state index contributed by atoms with van der Waals surface area (Å²) < 4.78 is 13.0. The first-order chi connectivity index (χ1) is 12.7. The van der Waals surface area contributed by atoms with E-state index in [2.05, 4.69) is 10.1 Å².